The Bertz CT molecular complexity index is 422. The molecule has 1 saturated heterocycles. The predicted octanol–water partition coefficient (Wildman–Crippen LogP) is 2.70. The number of fused-ring (bicyclic) bond motifs is 1. The van der Waals surface area contributed by atoms with Crippen molar-refractivity contribution in [1.29, 1.82) is 0 Å². The number of benzene rings is 1. The molecular weight excluding hydrogens is 220 g/mol. The Kier molecular flexibility index (Phi) is 2.64. The lowest BCUT2D eigenvalue weighted by Gasteiger charge is -2.13. The van der Waals surface area contributed by atoms with Crippen molar-refractivity contribution >= 4 is 17.5 Å². The van der Waals surface area contributed by atoms with Crippen molar-refractivity contribution in [2.75, 3.05) is 11.5 Å². The maximum absolute atomic E-state index is 11.5. The molecule has 1 heterocycles. The molecule has 0 radical (unpaired) electrons. The molecule has 0 N–H and O–H groups in total. The highest BCUT2D eigenvalue weighted by molar-refractivity contribution is 7.99. The summed E-state index contributed by atoms with van der Waals surface area (Å²) in [5, 5.41) is 0. The summed E-state index contributed by atoms with van der Waals surface area (Å²) in [6.07, 6.45) is 3.05. The number of ketones is 1. The molecule has 1 aliphatic heterocycles. The van der Waals surface area contributed by atoms with Crippen LogP contribution in [0.15, 0.2) is 18.2 Å². The third kappa shape index (κ3) is 1.84. The third-order valence-corrected chi connectivity index (χ3v) is 4.32. The SMILES string of the molecule is O=C1CCc2cc(OC3CCSC3)ccc21. The lowest BCUT2D eigenvalue weighted by molar-refractivity contribution is 0.0994. The van der Waals surface area contributed by atoms with Crippen LogP contribution in [0.1, 0.15) is 28.8 Å². The van der Waals surface area contributed by atoms with Crippen molar-refractivity contribution in [1.82, 2.24) is 0 Å². The Balaban J connectivity index is 1.79. The summed E-state index contributed by atoms with van der Waals surface area (Å²) in [7, 11) is 0. The van der Waals surface area contributed by atoms with Gasteiger partial charge in [-0.3, -0.25) is 4.79 Å². The molecule has 3 heteroatoms. The van der Waals surface area contributed by atoms with Crippen molar-refractivity contribution in [3.63, 3.8) is 0 Å². The van der Waals surface area contributed by atoms with E-state index in [1.54, 1.807) is 0 Å². The summed E-state index contributed by atoms with van der Waals surface area (Å²) in [5.74, 6) is 3.50. The molecule has 0 amide bonds. The molecule has 1 aromatic carbocycles. The number of Topliss-reactive ketones (excluding diaryl/α,β-unsaturated/α-hetero) is 1. The summed E-state index contributed by atoms with van der Waals surface area (Å²) in [5.41, 5.74) is 2.06. The molecule has 0 saturated carbocycles. The summed E-state index contributed by atoms with van der Waals surface area (Å²) in [6, 6.07) is 5.90. The quantitative estimate of drug-likeness (QED) is 0.787. The van der Waals surface area contributed by atoms with Gasteiger partial charge in [0.05, 0.1) is 0 Å². The standard InChI is InChI=1S/C13H14O2S/c14-13-4-1-9-7-10(2-3-12(9)13)15-11-5-6-16-8-11/h2-3,7,11H,1,4-6,8H2. The van der Waals surface area contributed by atoms with Crippen LogP contribution in [0, 0.1) is 0 Å². The van der Waals surface area contributed by atoms with E-state index < -0.39 is 0 Å². The first-order valence-electron chi connectivity index (χ1n) is 5.73. The van der Waals surface area contributed by atoms with Crippen LogP contribution in [0.5, 0.6) is 5.75 Å². The van der Waals surface area contributed by atoms with E-state index in [0.717, 1.165) is 35.5 Å². The smallest absolute Gasteiger partial charge is 0.163 e. The van der Waals surface area contributed by atoms with Gasteiger partial charge in [0.25, 0.3) is 0 Å². The molecule has 1 unspecified atom stereocenters. The van der Waals surface area contributed by atoms with E-state index in [4.69, 9.17) is 4.74 Å². The van der Waals surface area contributed by atoms with E-state index in [0.29, 0.717) is 12.5 Å². The Labute approximate surface area is 99.4 Å². The summed E-state index contributed by atoms with van der Waals surface area (Å²) < 4.78 is 5.90. The molecule has 16 heavy (non-hydrogen) atoms. The van der Waals surface area contributed by atoms with Gasteiger partial charge in [0.2, 0.25) is 0 Å². The van der Waals surface area contributed by atoms with Gasteiger partial charge < -0.3 is 4.74 Å². The van der Waals surface area contributed by atoms with E-state index in [-0.39, 0.29) is 5.78 Å². The van der Waals surface area contributed by atoms with Gasteiger partial charge in [0, 0.05) is 17.7 Å². The molecule has 0 spiro atoms. The van der Waals surface area contributed by atoms with Crippen LogP contribution in [-0.2, 0) is 6.42 Å². The zero-order valence-corrected chi connectivity index (χ0v) is 9.89. The molecule has 1 aromatic rings. The van der Waals surface area contributed by atoms with Gasteiger partial charge in [0.15, 0.2) is 5.78 Å². The molecule has 1 fully saturated rings. The van der Waals surface area contributed by atoms with Crippen LogP contribution in [0.3, 0.4) is 0 Å². The molecule has 0 aromatic heterocycles. The van der Waals surface area contributed by atoms with E-state index in [1.165, 1.54) is 5.75 Å². The fourth-order valence-electron chi connectivity index (χ4n) is 2.30. The van der Waals surface area contributed by atoms with E-state index >= 15 is 0 Å². The number of hydrogen-bond acceptors (Lipinski definition) is 3. The number of thioether (sulfide) groups is 1. The first kappa shape index (κ1) is 10.2. The van der Waals surface area contributed by atoms with Crippen LogP contribution < -0.4 is 4.74 Å². The number of ether oxygens (including phenoxy) is 1. The van der Waals surface area contributed by atoms with Crippen molar-refractivity contribution in [3.05, 3.63) is 29.3 Å². The fourth-order valence-corrected chi connectivity index (χ4v) is 3.40. The van der Waals surface area contributed by atoms with Crippen molar-refractivity contribution in [2.45, 2.75) is 25.4 Å². The van der Waals surface area contributed by atoms with E-state index in [2.05, 4.69) is 0 Å². The highest BCUT2D eigenvalue weighted by atomic mass is 32.2. The van der Waals surface area contributed by atoms with Gasteiger partial charge in [-0.15, -0.1) is 0 Å². The molecule has 2 nitrogen and oxygen atoms in total. The number of carbonyl (C=O) groups excluding carboxylic acids is 1. The lowest BCUT2D eigenvalue weighted by Crippen LogP contribution is -2.14. The minimum atomic E-state index is 0.276. The van der Waals surface area contributed by atoms with Gasteiger partial charge >= 0.3 is 0 Å². The minimum Gasteiger partial charge on any atom is -0.490 e. The second kappa shape index (κ2) is 4.13. The Morgan fingerprint density at radius 2 is 2.25 bits per heavy atom. The summed E-state index contributed by atoms with van der Waals surface area (Å²) in [4.78, 5) is 11.5. The van der Waals surface area contributed by atoms with Crippen LogP contribution in [0.2, 0.25) is 0 Å². The highest BCUT2D eigenvalue weighted by Gasteiger charge is 2.21. The second-order valence-corrected chi connectivity index (χ2v) is 5.50. The third-order valence-electron chi connectivity index (χ3n) is 3.19. The number of carbonyl (C=O) groups is 1. The molecular formula is C13H14O2S. The Hall–Kier alpha value is -0.960. The number of rotatable bonds is 2. The fraction of sp³-hybridized carbons (Fsp3) is 0.462. The van der Waals surface area contributed by atoms with Gasteiger partial charge in [-0.25, -0.2) is 0 Å². The van der Waals surface area contributed by atoms with Gasteiger partial charge in [-0.05, 0) is 42.4 Å². The van der Waals surface area contributed by atoms with Crippen LogP contribution in [0.4, 0.5) is 0 Å². The first-order valence-corrected chi connectivity index (χ1v) is 6.89. The molecule has 3 rings (SSSR count). The number of aryl methyl sites for hydroxylation is 1. The number of hydrogen-bond donors (Lipinski definition) is 0. The van der Waals surface area contributed by atoms with Gasteiger partial charge in [-0.1, -0.05) is 0 Å². The minimum absolute atomic E-state index is 0.276. The van der Waals surface area contributed by atoms with Crippen molar-refractivity contribution in [2.24, 2.45) is 0 Å². The van der Waals surface area contributed by atoms with Crippen LogP contribution in [0.25, 0.3) is 0 Å². The average molecular weight is 234 g/mol. The summed E-state index contributed by atoms with van der Waals surface area (Å²) >= 11 is 1.95. The van der Waals surface area contributed by atoms with Crippen molar-refractivity contribution < 1.29 is 9.53 Å². The maximum atomic E-state index is 11.5. The van der Waals surface area contributed by atoms with Gasteiger partial charge in [-0.2, -0.15) is 11.8 Å². The highest BCUT2D eigenvalue weighted by Crippen LogP contribution is 2.28. The zero-order valence-electron chi connectivity index (χ0n) is 9.07. The van der Waals surface area contributed by atoms with E-state index in [9.17, 15) is 4.79 Å². The Morgan fingerprint density at radius 1 is 1.31 bits per heavy atom. The van der Waals surface area contributed by atoms with Crippen LogP contribution in [-0.4, -0.2) is 23.4 Å². The topological polar surface area (TPSA) is 26.3 Å². The maximum Gasteiger partial charge on any atom is 0.163 e. The largest absolute Gasteiger partial charge is 0.490 e. The lowest BCUT2D eigenvalue weighted by atomic mass is 10.1. The predicted molar refractivity (Wildman–Crippen MR) is 65.5 cm³/mol. The molecule has 1 atom stereocenters. The monoisotopic (exact) mass is 234 g/mol. The molecule has 0 bridgehead atoms. The molecule has 1 aliphatic carbocycles. The summed E-state index contributed by atoms with van der Waals surface area (Å²) in [6.45, 7) is 0. The second-order valence-electron chi connectivity index (χ2n) is 4.35. The van der Waals surface area contributed by atoms with E-state index in [1.807, 2.05) is 30.0 Å². The zero-order chi connectivity index (χ0) is 11.0. The van der Waals surface area contributed by atoms with Gasteiger partial charge in [0.1, 0.15) is 11.9 Å². The Morgan fingerprint density at radius 3 is 3.06 bits per heavy atom. The van der Waals surface area contributed by atoms with Crippen LogP contribution >= 0.6 is 11.8 Å². The molecule has 84 valence electrons. The normalized spacial score (nSPS) is 23.5. The molecule has 2 aliphatic rings. The first-order chi connectivity index (χ1) is 7.83. The van der Waals surface area contributed by atoms with Crippen molar-refractivity contribution in [3.8, 4) is 5.75 Å². The average Bonchev–Trinajstić information content (AvgIpc) is 2.90.